The molecule has 0 radical (unpaired) electrons. The SMILES string of the molecule is c1ccc(-c2ccc(N(c3ccc(-c4ccc5cc(-c6ccccc6)ccc5c4)cc3)c3cc4c(cc3-c3cccc5c3sc3ccccc35)c3ccccc3n4-c3ccccc3)cc2)cc1. The van der Waals surface area contributed by atoms with Crippen LogP contribution in [0.15, 0.2) is 255 Å². The minimum Gasteiger partial charge on any atom is -0.310 e. The van der Waals surface area contributed by atoms with E-state index in [1.165, 1.54) is 91.7 Å². The summed E-state index contributed by atoms with van der Waals surface area (Å²) in [6.45, 7) is 0. The fourth-order valence-electron chi connectivity index (χ4n) is 10.1. The van der Waals surface area contributed by atoms with Gasteiger partial charge in [-0.2, -0.15) is 0 Å². The standard InChI is InChI=1S/C64H42N2S/c1-4-15-43(16-5-1)45-31-35-52(36-32-45)65(53-37-33-46(34-38-53)48-28-30-49-39-47(27-29-50(49)40-48)44-17-6-2-7-18-44)61-42-62-58(54-21-10-12-25-60(54)66(62)51-19-8-3-9-20-51)41-59(61)57-24-14-23-56-55-22-11-13-26-63(55)67-64(56)57/h1-42H. The van der Waals surface area contributed by atoms with Crippen molar-refractivity contribution < 1.29 is 0 Å². The van der Waals surface area contributed by atoms with E-state index in [4.69, 9.17) is 0 Å². The van der Waals surface area contributed by atoms with E-state index in [-0.39, 0.29) is 0 Å². The monoisotopic (exact) mass is 870 g/mol. The largest absolute Gasteiger partial charge is 0.310 e. The Balaban J connectivity index is 1.03. The van der Waals surface area contributed by atoms with Gasteiger partial charge in [0.15, 0.2) is 0 Å². The smallest absolute Gasteiger partial charge is 0.0562 e. The highest BCUT2D eigenvalue weighted by Crippen LogP contribution is 2.49. The maximum Gasteiger partial charge on any atom is 0.0562 e. The topological polar surface area (TPSA) is 8.17 Å². The molecular formula is C64H42N2S. The second-order valence-corrected chi connectivity index (χ2v) is 18.3. The molecule has 0 unspecified atom stereocenters. The molecule has 314 valence electrons. The van der Waals surface area contributed by atoms with E-state index in [9.17, 15) is 0 Å². The van der Waals surface area contributed by atoms with Gasteiger partial charge in [-0.15, -0.1) is 11.3 Å². The fourth-order valence-corrected chi connectivity index (χ4v) is 11.3. The number of hydrogen-bond donors (Lipinski definition) is 0. The summed E-state index contributed by atoms with van der Waals surface area (Å²) in [5.41, 5.74) is 16.3. The molecule has 0 spiro atoms. The van der Waals surface area contributed by atoms with Gasteiger partial charge in [0, 0.05) is 59.1 Å². The molecule has 0 bridgehead atoms. The summed E-state index contributed by atoms with van der Waals surface area (Å²) in [4.78, 5) is 2.47. The van der Waals surface area contributed by atoms with E-state index < -0.39 is 0 Å². The van der Waals surface area contributed by atoms with Crippen LogP contribution < -0.4 is 4.90 Å². The molecule has 0 atom stereocenters. The van der Waals surface area contributed by atoms with Crippen molar-refractivity contribution in [3.8, 4) is 50.2 Å². The Labute approximate surface area is 393 Å². The van der Waals surface area contributed by atoms with Gasteiger partial charge in [-0.25, -0.2) is 0 Å². The first-order valence-corrected chi connectivity index (χ1v) is 23.7. The first kappa shape index (κ1) is 38.9. The van der Waals surface area contributed by atoms with Crippen molar-refractivity contribution in [1.29, 1.82) is 0 Å². The van der Waals surface area contributed by atoms with Gasteiger partial charge in [-0.3, -0.25) is 0 Å². The van der Waals surface area contributed by atoms with Gasteiger partial charge in [0.2, 0.25) is 0 Å². The number of hydrogen-bond acceptors (Lipinski definition) is 2. The van der Waals surface area contributed by atoms with Crippen LogP contribution in [0.2, 0.25) is 0 Å². The van der Waals surface area contributed by atoms with Gasteiger partial charge in [0.1, 0.15) is 0 Å². The lowest BCUT2D eigenvalue weighted by Crippen LogP contribution is -2.11. The zero-order valence-corrected chi connectivity index (χ0v) is 37.4. The molecule has 0 saturated heterocycles. The van der Waals surface area contributed by atoms with E-state index in [2.05, 4.69) is 264 Å². The highest BCUT2D eigenvalue weighted by atomic mass is 32.1. The summed E-state index contributed by atoms with van der Waals surface area (Å²) in [6.07, 6.45) is 0. The molecule has 13 rings (SSSR count). The Bertz CT molecular complexity index is 3940. The van der Waals surface area contributed by atoms with Crippen LogP contribution in [-0.2, 0) is 0 Å². The molecule has 0 aliphatic heterocycles. The van der Waals surface area contributed by atoms with Crippen LogP contribution in [-0.4, -0.2) is 4.57 Å². The highest BCUT2D eigenvalue weighted by Gasteiger charge is 2.24. The van der Waals surface area contributed by atoms with Gasteiger partial charge in [-0.05, 0) is 117 Å². The van der Waals surface area contributed by atoms with Crippen molar-refractivity contribution in [2.75, 3.05) is 4.90 Å². The molecule has 0 fully saturated rings. The summed E-state index contributed by atoms with van der Waals surface area (Å²) in [6, 6.07) is 93.3. The summed E-state index contributed by atoms with van der Waals surface area (Å²) >= 11 is 1.88. The molecule has 67 heavy (non-hydrogen) atoms. The molecule has 0 saturated carbocycles. The first-order chi connectivity index (χ1) is 33.2. The second kappa shape index (κ2) is 16.2. The number of benzene rings is 11. The molecule has 0 amide bonds. The summed E-state index contributed by atoms with van der Waals surface area (Å²) < 4.78 is 5.01. The Kier molecular flexibility index (Phi) is 9.40. The zero-order chi connectivity index (χ0) is 44.3. The third kappa shape index (κ3) is 6.79. The molecule has 3 heteroatoms. The van der Waals surface area contributed by atoms with Crippen molar-refractivity contribution in [3.05, 3.63) is 255 Å². The molecular weight excluding hydrogens is 829 g/mol. The Morgan fingerprint density at radius 2 is 0.821 bits per heavy atom. The normalized spacial score (nSPS) is 11.6. The Hall–Kier alpha value is -8.50. The quantitative estimate of drug-likeness (QED) is 0.148. The number of aromatic nitrogens is 1. The van der Waals surface area contributed by atoms with E-state index in [1.54, 1.807) is 0 Å². The minimum atomic E-state index is 1.08. The number of fused-ring (bicyclic) bond motifs is 7. The molecule has 2 nitrogen and oxygen atoms in total. The minimum absolute atomic E-state index is 1.08. The van der Waals surface area contributed by atoms with Crippen molar-refractivity contribution in [2.24, 2.45) is 0 Å². The Morgan fingerprint density at radius 3 is 1.48 bits per heavy atom. The number of rotatable bonds is 8. The zero-order valence-electron chi connectivity index (χ0n) is 36.6. The number of anilines is 3. The molecule has 2 heterocycles. The van der Waals surface area contributed by atoms with E-state index in [0.29, 0.717) is 0 Å². The number of thiophene rings is 1. The average molecular weight is 871 g/mol. The highest BCUT2D eigenvalue weighted by molar-refractivity contribution is 7.26. The Morgan fingerprint density at radius 1 is 0.313 bits per heavy atom. The van der Waals surface area contributed by atoms with E-state index in [0.717, 1.165) is 28.3 Å². The second-order valence-electron chi connectivity index (χ2n) is 17.3. The first-order valence-electron chi connectivity index (χ1n) is 22.9. The van der Waals surface area contributed by atoms with Crippen molar-refractivity contribution >= 4 is 81.1 Å². The van der Waals surface area contributed by atoms with Crippen LogP contribution in [0.5, 0.6) is 0 Å². The van der Waals surface area contributed by atoms with Crippen LogP contribution in [0, 0.1) is 0 Å². The molecule has 0 N–H and O–H groups in total. The lowest BCUT2D eigenvalue weighted by molar-refractivity contribution is 1.18. The van der Waals surface area contributed by atoms with Crippen LogP contribution >= 0.6 is 11.3 Å². The third-order valence-electron chi connectivity index (χ3n) is 13.4. The summed E-state index contributed by atoms with van der Waals surface area (Å²) in [7, 11) is 0. The van der Waals surface area contributed by atoms with Crippen molar-refractivity contribution in [2.45, 2.75) is 0 Å². The van der Waals surface area contributed by atoms with Crippen molar-refractivity contribution in [3.63, 3.8) is 0 Å². The maximum atomic E-state index is 2.47. The van der Waals surface area contributed by atoms with Gasteiger partial charge in [0.25, 0.3) is 0 Å². The maximum absolute atomic E-state index is 2.47. The summed E-state index contributed by atoms with van der Waals surface area (Å²) in [5, 5.41) is 7.48. The predicted octanol–water partition coefficient (Wildman–Crippen LogP) is 18.4. The molecule has 13 aromatic rings. The van der Waals surface area contributed by atoms with Gasteiger partial charge < -0.3 is 9.47 Å². The van der Waals surface area contributed by atoms with E-state index in [1.807, 2.05) is 11.3 Å². The van der Waals surface area contributed by atoms with Crippen LogP contribution in [0.25, 0.3) is 103 Å². The lowest BCUT2D eigenvalue weighted by Gasteiger charge is -2.29. The lowest BCUT2D eigenvalue weighted by atomic mass is 9.96. The van der Waals surface area contributed by atoms with Gasteiger partial charge in [-0.1, -0.05) is 182 Å². The molecule has 0 aliphatic rings. The average Bonchev–Trinajstić information content (AvgIpc) is 3.95. The van der Waals surface area contributed by atoms with Crippen LogP contribution in [0.1, 0.15) is 0 Å². The molecule has 2 aromatic heterocycles. The number of para-hydroxylation sites is 2. The fraction of sp³-hybridized carbons (Fsp3) is 0. The third-order valence-corrected chi connectivity index (χ3v) is 14.6. The van der Waals surface area contributed by atoms with Crippen LogP contribution in [0.3, 0.4) is 0 Å². The number of nitrogens with zero attached hydrogens (tertiary/aromatic N) is 2. The van der Waals surface area contributed by atoms with Gasteiger partial charge >= 0.3 is 0 Å². The van der Waals surface area contributed by atoms with Gasteiger partial charge in [0.05, 0.1) is 16.7 Å². The van der Waals surface area contributed by atoms with E-state index >= 15 is 0 Å². The predicted molar refractivity (Wildman–Crippen MR) is 288 cm³/mol. The van der Waals surface area contributed by atoms with Crippen LogP contribution in [0.4, 0.5) is 17.1 Å². The molecule has 11 aromatic carbocycles. The summed E-state index contributed by atoms with van der Waals surface area (Å²) in [5.74, 6) is 0. The molecule has 0 aliphatic carbocycles. The van der Waals surface area contributed by atoms with Crippen molar-refractivity contribution in [1.82, 2.24) is 4.57 Å².